The Morgan fingerprint density at radius 1 is 0.795 bits per heavy atom. The third-order valence-electron chi connectivity index (χ3n) is 7.21. The summed E-state index contributed by atoms with van der Waals surface area (Å²) in [6, 6.07) is 28.6. The molecule has 0 aliphatic heterocycles. The lowest BCUT2D eigenvalue weighted by Crippen LogP contribution is -2.53. The summed E-state index contributed by atoms with van der Waals surface area (Å²) in [4.78, 5) is 29.6. The molecule has 4 rings (SSSR count). The molecule has 0 saturated heterocycles. The summed E-state index contributed by atoms with van der Waals surface area (Å²) in [7, 11) is -4.17. The molecule has 0 aliphatic carbocycles. The number of halogens is 2. The molecule has 7 nitrogen and oxygen atoms in total. The van der Waals surface area contributed by atoms with Crippen LogP contribution < -0.4 is 9.62 Å². The Labute approximate surface area is 269 Å². The summed E-state index contributed by atoms with van der Waals surface area (Å²) >= 11 is 12.5. The first-order chi connectivity index (χ1) is 21.1. The molecule has 0 radical (unpaired) electrons. The second-order valence-corrected chi connectivity index (χ2v) is 12.9. The van der Waals surface area contributed by atoms with Crippen molar-refractivity contribution in [3.8, 4) is 0 Å². The summed E-state index contributed by atoms with van der Waals surface area (Å²) in [6.45, 7) is 3.56. The molecule has 1 N–H and O–H groups in total. The van der Waals surface area contributed by atoms with E-state index in [9.17, 15) is 18.0 Å². The molecule has 0 aliphatic rings. The molecule has 0 bridgehead atoms. The molecule has 0 fully saturated rings. The van der Waals surface area contributed by atoms with E-state index >= 15 is 0 Å². The van der Waals surface area contributed by atoms with Crippen molar-refractivity contribution in [1.29, 1.82) is 0 Å². The number of carbonyl (C=O) groups excluding carboxylic acids is 2. The van der Waals surface area contributed by atoms with E-state index in [4.69, 9.17) is 23.2 Å². The number of amides is 2. The van der Waals surface area contributed by atoms with Gasteiger partial charge >= 0.3 is 0 Å². The van der Waals surface area contributed by atoms with Crippen molar-refractivity contribution in [2.24, 2.45) is 0 Å². The Morgan fingerprint density at radius 3 is 2.07 bits per heavy atom. The number of para-hydroxylation sites is 1. The second-order valence-electron chi connectivity index (χ2n) is 10.2. The van der Waals surface area contributed by atoms with Gasteiger partial charge in [-0.05, 0) is 60.4 Å². The molecule has 0 heterocycles. The Kier molecular flexibility index (Phi) is 11.4. The van der Waals surface area contributed by atoms with Gasteiger partial charge in [-0.15, -0.1) is 0 Å². The highest BCUT2D eigenvalue weighted by atomic mass is 35.5. The number of likely N-dealkylation sites (N-methyl/N-ethyl adjacent to an activating group) is 1. The molecular weight excluding hydrogens is 617 g/mol. The highest BCUT2D eigenvalue weighted by molar-refractivity contribution is 7.92. The van der Waals surface area contributed by atoms with E-state index in [0.29, 0.717) is 34.3 Å². The lowest BCUT2D eigenvalue weighted by Gasteiger charge is -2.34. The fourth-order valence-corrected chi connectivity index (χ4v) is 6.76. The van der Waals surface area contributed by atoms with E-state index in [1.807, 2.05) is 49.4 Å². The maximum Gasteiger partial charge on any atom is 0.264 e. The summed E-state index contributed by atoms with van der Waals surface area (Å²) < 4.78 is 29.4. The van der Waals surface area contributed by atoms with Gasteiger partial charge in [-0.1, -0.05) is 103 Å². The van der Waals surface area contributed by atoms with Crippen molar-refractivity contribution in [3.63, 3.8) is 0 Å². The zero-order valence-electron chi connectivity index (χ0n) is 24.6. The largest absolute Gasteiger partial charge is 0.355 e. The monoisotopic (exact) mass is 651 g/mol. The van der Waals surface area contributed by atoms with Crippen molar-refractivity contribution in [2.75, 3.05) is 17.4 Å². The number of nitrogens with one attached hydrogen (secondary N) is 1. The van der Waals surface area contributed by atoms with Gasteiger partial charge in [-0.25, -0.2) is 8.42 Å². The SMILES string of the molecule is CCNC(=O)C(Cc1ccccc1)N(Cc1ccc(Cl)c(Cl)c1)C(=O)CN(c1ccccc1CC)S(=O)(=O)c1ccccc1. The van der Waals surface area contributed by atoms with Crippen molar-refractivity contribution >= 4 is 50.7 Å². The van der Waals surface area contributed by atoms with Gasteiger partial charge in [-0.3, -0.25) is 13.9 Å². The Hall–Kier alpha value is -3.85. The summed E-state index contributed by atoms with van der Waals surface area (Å²) in [5.74, 6) is -0.898. The van der Waals surface area contributed by atoms with E-state index < -0.39 is 28.5 Å². The molecule has 0 spiro atoms. The average molecular weight is 653 g/mol. The van der Waals surface area contributed by atoms with Crippen LogP contribution in [0, 0.1) is 0 Å². The van der Waals surface area contributed by atoms with E-state index in [2.05, 4.69) is 5.32 Å². The van der Waals surface area contributed by atoms with Crippen LogP contribution in [0.4, 0.5) is 5.69 Å². The zero-order valence-corrected chi connectivity index (χ0v) is 26.9. The average Bonchev–Trinajstić information content (AvgIpc) is 3.04. The number of aryl methyl sites for hydroxylation is 1. The topological polar surface area (TPSA) is 86.8 Å². The van der Waals surface area contributed by atoms with Gasteiger partial charge in [0, 0.05) is 19.5 Å². The van der Waals surface area contributed by atoms with Crippen molar-refractivity contribution in [2.45, 2.75) is 44.2 Å². The van der Waals surface area contributed by atoms with Crippen molar-refractivity contribution in [3.05, 3.63) is 130 Å². The fraction of sp³-hybridized carbons (Fsp3) is 0.235. The Bertz CT molecular complexity index is 1690. The minimum Gasteiger partial charge on any atom is -0.355 e. The maximum absolute atomic E-state index is 14.5. The van der Waals surface area contributed by atoms with E-state index in [1.54, 1.807) is 55.5 Å². The van der Waals surface area contributed by atoms with Crippen molar-refractivity contribution < 1.29 is 18.0 Å². The first-order valence-electron chi connectivity index (χ1n) is 14.4. The predicted molar refractivity (Wildman–Crippen MR) is 176 cm³/mol. The standard InChI is InChI=1S/C34H35Cl2N3O4S/c1-3-27-15-11-12-18-31(27)39(44(42,43)28-16-9-6-10-17-28)24-33(40)38(23-26-19-20-29(35)30(36)21-26)32(34(41)37-4-2)22-25-13-7-5-8-14-25/h5-21,32H,3-4,22-24H2,1-2H3,(H,37,41). The molecule has 0 saturated carbocycles. The normalized spacial score (nSPS) is 11.9. The predicted octanol–water partition coefficient (Wildman–Crippen LogP) is 6.53. The van der Waals surface area contributed by atoms with E-state index in [0.717, 1.165) is 15.4 Å². The van der Waals surface area contributed by atoms with Crippen LogP contribution in [0.2, 0.25) is 10.0 Å². The van der Waals surface area contributed by atoms with Gasteiger partial charge in [0.1, 0.15) is 12.6 Å². The van der Waals surface area contributed by atoms with Crippen LogP contribution in [0.1, 0.15) is 30.5 Å². The third-order valence-corrected chi connectivity index (χ3v) is 9.72. The minimum absolute atomic E-state index is 0.000986. The number of benzene rings is 4. The number of anilines is 1. The summed E-state index contributed by atoms with van der Waals surface area (Å²) in [5.41, 5.74) is 2.65. The molecular formula is C34H35Cl2N3O4S. The lowest BCUT2D eigenvalue weighted by atomic mass is 10.0. The van der Waals surface area contributed by atoms with Gasteiger partial charge in [-0.2, -0.15) is 0 Å². The number of rotatable bonds is 13. The van der Waals surface area contributed by atoms with Crippen LogP contribution in [0.3, 0.4) is 0 Å². The first-order valence-corrected chi connectivity index (χ1v) is 16.6. The van der Waals surface area contributed by atoms with Crippen LogP contribution in [-0.2, 0) is 39.0 Å². The number of hydrogen-bond acceptors (Lipinski definition) is 4. The quantitative estimate of drug-likeness (QED) is 0.178. The molecule has 230 valence electrons. The van der Waals surface area contributed by atoms with Gasteiger partial charge in [0.2, 0.25) is 11.8 Å². The summed E-state index contributed by atoms with van der Waals surface area (Å²) in [5, 5.41) is 3.52. The zero-order chi connectivity index (χ0) is 31.7. The molecule has 1 unspecified atom stereocenters. The number of hydrogen-bond donors (Lipinski definition) is 1. The van der Waals surface area contributed by atoms with E-state index in [-0.39, 0.29) is 23.8 Å². The number of nitrogens with zero attached hydrogens (tertiary/aromatic N) is 2. The highest BCUT2D eigenvalue weighted by Gasteiger charge is 2.35. The molecule has 1 atom stereocenters. The van der Waals surface area contributed by atoms with Gasteiger partial charge in [0.05, 0.1) is 20.6 Å². The maximum atomic E-state index is 14.5. The molecule has 4 aromatic carbocycles. The Balaban J connectivity index is 1.83. The van der Waals surface area contributed by atoms with Crippen molar-refractivity contribution in [1.82, 2.24) is 10.2 Å². The molecule has 4 aromatic rings. The highest BCUT2D eigenvalue weighted by Crippen LogP contribution is 2.29. The first kappa shape index (κ1) is 33.1. The Morgan fingerprint density at radius 2 is 1.43 bits per heavy atom. The van der Waals surface area contributed by atoms with Crippen LogP contribution in [-0.4, -0.2) is 44.3 Å². The molecule has 44 heavy (non-hydrogen) atoms. The molecule has 0 aromatic heterocycles. The van der Waals surface area contributed by atoms with Gasteiger partial charge in [0.25, 0.3) is 10.0 Å². The fourth-order valence-electron chi connectivity index (χ4n) is 4.97. The van der Waals surface area contributed by atoms with Crippen LogP contribution in [0.15, 0.2) is 108 Å². The van der Waals surface area contributed by atoms with Crippen LogP contribution >= 0.6 is 23.2 Å². The van der Waals surface area contributed by atoms with Crippen LogP contribution in [0.5, 0.6) is 0 Å². The summed E-state index contributed by atoms with van der Waals surface area (Å²) in [6.07, 6.45) is 0.768. The molecule has 2 amide bonds. The van der Waals surface area contributed by atoms with Gasteiger partial charge < -0.3 is 10.2 Å². The van der Waals surface area contributed by atoms with Gasteiger partial charge in [0.15, 0.2) is 0 Å². The van der Waals surface area contributed by atoms with E-state index in [1.165, 1.54) is 17.0 Å². The molecule has 10 heteroatoms. The smallest absolute Gasteiger partial charge is 0.264 e. The lowest BCUT2D eigenvalue weighted by molar-refractivity contribution is -0.140. The number of sulfonamides is 1. The third kappa shape index (κ3) is 8.00. The van der Waals surface area contributed by atoms with Crippen LogP contribution in [0.25, 0.3) is 0 Å². The second kappa shape index (κ2) is 15.2. The number of carbonyl (C=O) groups is 2. The minimum atomic E-state index is -4.17.